The van der Waals surface area contributed by atoms with Crippen molar-refractivity contribution < 1.29 is 19.3 Å². The number of aryl methyl sites for hydroxylation is 1. The molecule has 1 aliphatic rings. The molecule has 0 aromatic heterocycles. The second-order valence-corrected chi connectivity index (χ2v) is 10.2. The minimum atomic E-state index is -1.06. The topological polar surface area (TPSA) is 122 Å². The van der Waals surface area contributed by atoms with Gasteiger partial charge in [0.25, 0.3) is 5.69 Å². The van der Waals surface area contributed by atoms with Crippen LogP contribution in [0.4, 0.5) is 5.69 Å². The summed E-state index contributed by atoms with van der Waals surface area (Å²) in [5.74, 6) is -1.15. The molecule has 192 valence electrons. The third-order valence-electron chi connectivity index (χ3n) is 5.99. The van der Waals surface area contributed by atoms with Gasteiger partial charge < -0.3 is 15.5 Å². The van der Waals surface area contributed by atoms with Crippen molar-refractivity contribution in [3.05, 3.63) is 75.3 Å². The molecule has 0 saturated carbocycles. The summed E-state index contributed by atoms with van der Waals surface area (Å²) in [5, 5.41) is 16.7. The van der Waals surface area contributed by atoms with E-state index in [2.05, 4.69) is 23.3 Å². The first kappa shape index (κ1) is 27.2. The Bertz CT molecular complexity index is 1130. The number of rotatable bonds is 8. The van der Waals surface area contributed by atoms with Crippen molar-refractivity contribution in [1.82, 2.24) is 15.5 Å². The molecule has 2 aromatic carbocycles. The van der Waals surface area contributed by atoms with E-state index in [0.29, 0.717) is 11.1 Å². The number of thiol groups is 1. The highest BCUT2D eigenvalue weighted by Crippen LogP contribution is 2.30. The number of non-ortho nitro benzene ring substituents is 1. The number of benzene rings is 2. The predicted octanol–water partition coefficient (Wildman–Crippen LogP) is 2.98. The minimum absolute atomic E-state index is 0.0756. The van der Waals surface area contributed by atoms with E-state index in [9.17, 15) is 24.5 Å². The number of hydrogen-bond acceptors (Lipinski definition) is 6. The van der Waals surface area contributed by atoms with Crippen LogP contribution in [0, 0.1) is 10.1 Å². The molecule has 9 nitrogen and oxygen atoms in total. The fourth-order valence-electron chi connectivity index (χ4n) is 4.20. The lowest BCUT2D eigenvalue weighted by molar-refractivity contribution is -0.384. The summed E-state index contributed by atoms with van der Waals surface area (Å²) in [7, 11) is 0. The van der Waals surface area contributed by atoms with Crippen molar-refractivity contribution in [3.8, 4) is 0 Å². The molecule has 0 aliphatic carbocycles. The average molecular weight is 513 g/mol. The monoisotopic (exact) mass is 512 g/mol. The van der Waals surface area contributed by atoms with Crippen LogP contribution in [0.15, 0.2) is 48.5 Å². The van der Waals surface area contributed by atoms with Crippen LogP contribution in [0.3, 0.4) is 0 Å². The van der Waals surface area contributed by atoms with Crippen molar-refractivity contribution in [2.75, 3.05) is 5.75 Å². The molecule has 10 heteroatoms. The molecule has 0 bridgehead atoms. The van der Waals surface area contributed by atoms with Gasteiger partial charge in [0.05, 0.1) is 4.92 Å². The number of piperazine rings is 1. The Kier molecular flexibility index (Phi) is 8.39. The van der Waals surface area contributed by atoms with Crippen LogP contribution >= 0.6 is 12.6 Å². The summed E-state index contributed by atoms with van der Waals surface area (Å²) in [4.78, 5) is 52.4. The summed E-state index contributed by atoms with van der Waals surface area (Å²) >= 11 is 4.24. The summed E-state index contributed by atoms with van der Waals surface area (Å²) in [5.41, 5.74) is 1.64. The molecule has 3 rings (SSSR count). The minimum Gasteiger partial charge on any atom is -0.349 e. The number of nitrogens with one attached hydrogen (secondary N) is 2. The van der Waals surface area contributed by atoms with Gasteiger partial charge in [0.1, 0.15) is 18.1 Å². The van der Waals surface area contributed by atoms with Gasteiger partial charge >= 0.3 is 0 Å². The largest absolute Gasteiger partial charge is 0.349 e. The molecule has 1 fully saturated rings. The first-order chi connectivity index (χ1) is 16.9. The van der Waals surface area contributed by atoms with Gasteiger partial charge in [-0.1, -0.05) is 43.3 Å². The Morgan fingerprint density at radius 1 is 1.11 bits per heavy atom. The van der Waals surface area contributed by atoms with Gasteiger partial charge in [-0.05, 0) is 43.9 Å². The normalized spacial score (nSPS) is 19.0. The predicted molar refractivity (Wildman–Crippen MR) is 140 cm³/mol. The van der Waals surface area contributed by atoms with E-state index in [0.717, 1.165) is 12.0 Å². The van der Waals surface area contributed by atoms with Crippen LogP contribution in [-0.2, 0) is 27.2 Å². The van der Waals surface area contributed by atoms with Gasteiger partial charge in [-0.15, -0.1) is 0 Å². The summed E-state index contributed by atoms with van der Waals surface area (Å²) < 4.78 is 0. The van der Waals surface area contributed by atoms with E-state index in [4.69, 9.17) is 0 Å². The first-order valence-corrected chi connectivity index (χ1v) is 12.5. The van der Waals surface area contributed by atoms with Crippen LogP contribution in [-0.4, -0.2) is 50.9 Å². The highest BCUT2D eigenvalue weighted by molar-refractivity contribution is 7.80. The molecule has 2 N–H and O–H groups in total. The van der Waals surface area contributed by atoms with E-state index in [1.54, 1.807) is 12.1 Å². The molecule has 1 saturated heterocycles. The number of carbonyl (C=O) groups is 3. The molecule has 3 atom stereocenters. The molecule has 0 spiro atoms. The molecule has 3 amide bonds. The lowest BCUT2D eigenvalue weighted by Crippen LogP contribution is -2.66. The number of nitrogens with zero attached hydrogens (tertiary/aromatic N) is 2. The maximum absolute atomic E-state index is 13.6. The van der Waals surface area contributed by atoms with E-state index >= 15 is 0 Å². The number of amides is 3. The van der Waals surface area contributed by atoms with Crippen LogP contribution in [0.25, 0.3) is 0 Å². The van der Waals surface area contributed by atoms with E-state index in [1.165, 1.54) is 17.0 Å². The highest BCUT2D eigenvalue weighted by atomic mass is 32.1. The van der Waals surface area contributed by atoms with Crippen molar-refractivity contribution in [3.63, 3.8) is 0 Å². The van der Waals surface area contributed by atoms with Crippen LogP contribution in [0.1, 0.15) is 50.4 Å². The third kappa shape index (κ3) is 6.23. The molecule has 0 radical (unpaired) electrons. The summed E-state index contributed by atoms with van der Waals surface area (Å²) in [6.45, 7) is 7.56. The highest BCUT2D eigenvalue weighted by Gasteiger charge is 2.46. The van der Waals surface area contributed by atoms with Crippen LogP contribution in [0.2, 0.25) is 0 Å². The molecular weight excluding hydrogens is 480 g/mol. The van der Waals surface area contributed by atoms with Gasteiger partial charge in [-0.3, -0.25) is 24.5 Å². The van der Waals surface area contributed by atoms with Crippen molar-refractivity contribution >= 4 is 36.0 Å². The Labute approximate surface area is 216 Å². The molecule has 36 heavy (non-hydrogen) atoms. The van der Waals surface area contributed by atoms with Gasteiger partial charge in [0.2, 0.25) is 17.7 Å². The number of carbonyl (C=O) groups excluding carboxylic acids is 3. The van der Waals surface area contributed by atoms with Crippen molar-refractivity contribution in [1.29, 1.82) is 0 Å². The van der Waals surface area contributed by atoms with Gasteiger partial charge in [0, 0.05) is 29.8 Å². The smallest absolute Gasteiger partial charge is 0.269 e. The molecule has 1 heterocycles. The molecular formula is C26H32N4O5S. The first-order valence-electron chi connectivity index (χ1n) is 11.8. The summed E-state index contributed by atoms with van der Waals surface area (Å²) in [6, 6.07) is 10.3. The lowest BCUT2D eigenvalue weighted by Gasteiger charge is -2.43. The summed E-state index contributed by atoms with van der Waals surface area (Å²) in [6.07, 6.45) is 0.899. The number of nitro groups is 1. The van der Waals surface area contributed by atoms with E-state index in [-0.39, 0.29) is 17.9 Å². The second kappa shape index (κ2) is 11.1. The number of hydrogen-bond donors (Lipinski definition) is 3. The van der Waals surface area contributed by atoms with E-state index < -0.39 is 46.3 Å². The Morgan fingerprint density at radius 3 is 2.19 bits per heavy atom. The molecule has 1 aliphatic heterocycles. The SMILES string of the molecule is CCc1ccc(C(C(=O)NC(C)(C)C)N2C(=O)[C@H](CS)NC(=O)[C@@H]2Cc2ccc([N+](=O)[O-])cc2)cc1. The van der Waals surface area contributed by atoms with E-state index in [1.807, 2.05) is 52.0 Å². The standard InChI is InChI=1S/C26H32N4O5S/c1-5-16-6-10-18(11-7-16)22(24(32)28-26(2,3)4)29-21(23(31)27-20(15-36)25(29)33)14-17-8-12-19(13-9-17)30(34)35/h6-13,20-22,36H,5,14-15H2,1-4H3,(H,27,31)(H,28,32)/t20-,21-,22?/m0/s1. The lowest BCUT2D eigenvalue weighted by atomic mass is 9.93. The van der Waals surface area contributed by atoms with Crippen molar-refractivity contribution in [2.45, 2.75) is 64.2 Å². The van der Waals surface area contributed by atoms with Crippen LogP contribution in [0.5, 0.6) is 0 Å². The fraction of sp³-hybridized carbons (Fsp3) is 0.423. The molecule has 1 unspecified atom stereocenters. The quantitative estimate of drug-likeness (QED) is 0.285. The average Bonchev–Trinajstić information content (AvgIpc) is 2.82. The number of nitro benzene ring substituents is 1. The Hall–Kier alpha value is -3.40. The van der Waals surface area contributed by atoms with Gasteiger partial charge in [0.15, 0.2) is 0 Å². The van der Waals surface area contributed by atoms with Crippen molar-refractivity contribution in [2.24, 2.45) is 0 Å². The molecule has 2 aromatic rings. The van der Waals surface area contributed by atoms with Gasteiger partial charge in [-0.2, -0.15) is 12.6 Å². The second-order valence-electron chi connectivity index (χ2n) is 9.87. The zero-order valence-electron chi connectivity index (χ0n) is 20.9. The third-order valence-corrected chi connectivity index (χ3v) is 6.36. The van der Waals surface area contributed by atoms with Crippen LogP contribution < -0.4 is 10.6 Å². The fourth-order valence-corrected chi connectivity index (χ4v) is 4.45. The zero-order valence-corrected chi connectivity index (χ0v) is 21.7. The zero-order chi connectivity index (χ0) is 26.6. The Morgan fingerprint density at radius 2 is 1.69 bits per heavy atom. The maximum Gasteiger partial charge on any atom is 0.269 e. The Balaban J connectivity index is 2.09. The van der Waals surface area contributed by atoms with Gasteiger partial charge in [-0.25, -0.2) is 0 Å². The maximum atomic E-state index is 13.6.